The molecule has 0 aliphatic carbocycles. The van der Waals surface area contributed by atoms with E-state index in [1.54, 1.807) is 30.3 Å². The molecule has 0 saturated carbocycles. The van der Waals surface area contributed by atoms with Crippen LogP contribution in [0.1, 0.15) is 21.8 Å². The highest BCUT2D eigenvalue weighted by Gasteiger charge is 2.15. The van der Waals surface area contributed by atoms with Gasteiger partial charge < -0.3 is 4.42 Å². The van der Waals surface area contributed by atoms with Crippen LogP contribution >= 0.6 is 11.6 Å². The number of nitrogens with zero attached hydrogens (tertiary/aromatic N) is 1. The maximum atomic E-state index is 12.3. The van der Waals surface area contributed by atoms with Gasteiger partial charge in [0.2, 0.25) is 5.78 Å². The van der Waals surface area contributed by atoms with E-state index in [0.29, 0.717) is 21.7 Å². The van der Waals surface area contributed by atoms with Crippen molar-refractivity contribution in [3.05, 3.63) is 64.5 Å². The van der Waals surface area contributed by atoms with E-state index in [-0.39, 0.29) is 11.5 Å². The molecule has 0 N–H and O–H groups in total. The second-order valence-electron chi connectivity index (χ2n) is 4.29. The molecule has 1 aromatic carbocycles. The van der Waals surface area contributed by atoms with Gasteiger partial charge in [-0.3, -0.25) is 4.79 Å². The first kappa shape index (κ1) is 11.9. The first-order valence-corrected chi connectivity index (χ1v) is 6.19. The zero-order valence-electron chi connectivity index (χ0n) is 10.2. The lowest BCUT2D eigenvalue weighted by molar-refractivity contribution is 0.101. The van der Waals surface area contributed by atoms with Gasteiger partial charge >= 0.3 is 0 Å². The van der Waals surface area contributed by atoms with Crippen LogP contribution in [0.3, 0.4) is 0 Å². The average Bonchev–Trinajstić information content (AvgIpc) is 2.80. The van der Waals surface area contributed by atoms with Gasteiger partial charge in [-0.15, -0.1) is 0 Å². The largest absolute Gasteiger partial charge is 0.451 e. The second kappa shape index (κ2) is 4.52. The molecular weight excluding hydrogens is 262 g/mol. The predicted molar refractivity (Wildman–Crippen MR) is 73.6 cm³/mol. The van der Waals surface area contributed by atoms with Gasteiger partial charge in [-0.2, -0.15) is 0 Å². The molecule has 3 rings (SSSR count). The molecule has 2 aromatic heterocycles. The molecule has 0 spiro atoms. The van der Waals surface area contributed by atoms with E-state index in [2.05, 4.69) is 4.98 Å². The molecule has 19 heavy (non-hydrogen) atoms. The summed E-state index contributed by atoms with van der Waals surface area (Å²) < 4.78 is 5.52. The van der Waals surface area contributed by atoms with Gasteiger partial charge in [0.05, 0.1) is 0 Å². The number of carbonyl (C=O) groups is 1. The third kappa shape index (κ3) is 2.25. The Kier molecular flexibility index (Phi) is 2.84. The van der Waals surface area contributed by atoms with Gasteiger partial charge in [0.15, 0.2) is 11.3 Å². The maximum absolute atomic E-state index is 12.3. The lowest BCUT2D eigenvalue weighted by atomic mass is 10.1. The van der Waals surface area contributed by atoms with Crippen LogP contribution in [-0.2, 0) is 0 Å². The van der Waals surface area contributed by atoms with Crippen molar-refractivity contribution in [3.63, 3.8) is 0 Å². The third-order valence-electron chi connectivity index (χ3n) is 2.82. The average molecular weight is 272 g/mol. The molecule has 0 aliphatic rings. The number of hydrogen-bond donors (Lipinski definition) is 0. The first-order valence-electron chi connectivity index (χ1n) is 5.81. The fourth-order valence-corrected chi connectivity index (χ4v) is 2.10. The summed E-state index contributed by atoms with van der Waals surface area (Å²) in [6.07, 6.45) is 0. The summed E-state index contributed by atoms with van der Waals surface area (Å²) >= 11 is 5.88. The number of furan rings is 1. The van der Waals surface area contributed by atoms with Crippen LogP contribution < -0.4 is 0 Å². The highest BCUT2D eigenvalue weighted by Crippen LogP contribution is 2.21. The number of aromatic nitrogens is 1. The Bertz CT molecular complexity index is 777. The molecule has 0 saturated heterocycles. The quantitative estimate of drug-likeness (QED) is 0.661. The fourth-order valence-electron chi connectivity index (χ4n) is 1.91. The van der Waals surface area contributed by atoms with Gasteiger partial charge in [0.1, 0.15) is 5.52 Å². The topological polar surface area (TPSA) is 43.1 Å². The summed E-state index contributed by atoms with van der Waals surface area (Å²) in [5, 5.41) is 0.524. The monoisotopic (exact) mass is 271 g/mol. The minimum atomic E-state index is -0.196. The van der Waals surface area contributed by atoms with Gasteiger partial charge in [-0.1, -0.05) is 23.7 Å². The predicted octanol–water partition coefficient (Wildman–Crippen LogP) is 4.02. The number of hydrogen-bond acceptors (Lipinski definition) is 3. The SMILES string of the molecule is Cc1ccc2oc(C(=O)c3cccc(Cl)c3)cc2n1. The minimum absolute atomic E-state index is 0.196. The van der Waals surface area contributed by atoms with Crippen LogP contribution in [0.5, 0.6) is 0 Å². The first-order chi connectivity index (χ1) is 9.13. The molecule has 3 aromatic rings. The summed E-state index contributed by atoms with van der Waals surface area (Å²) in [4.78, 5) is 16.6. The Balaban J connectivity index is 2.06. The number of ketones is 1. The third-order valence-corrected chi connectivity index (χ3v) is 3.06. The zero-order valence-corrected chi connectivity index (χ0v) is 10.9. The van der Waals surface area contributed by atoms with E-state index in [0.717, 1.165) is 5.69 Å². The van der Waals surface area contributed by atoms with Gasteiger partial charge in [-0.05, 0) is 31.2 Å². The van der Waals surface area contributed by atoms with Crippen molar-refractivity contribution in [2.45, 2.75) is 6.92 Å². The van der Waals surface area contributed by atoms with Crippen molar-refractivity contribution < 1.29 is 9.21 Å². The Morgan fingerprint density at radius 2 is 2.05 bits per heavy atom. The van der Waals surface area contributed by atoms with Gasteiger partial charge in [0, 0.05) is 22.3 Å². The highest BCUT2D eigenvalue weighted by atomic mass is 35.5. The Morgan fingerprint density at radius 1 is 1.21 bits per heavy atom. The molecule has 94 valence electrons. The lowest BCUT2D eigenvalue weighted by Gasteiger charge is -1.97. The molecule has 0 aliphatic heterocycles. The number of benzene rings is 1. The van der Waals surface area contributed by atoms with Crippen molar-refractivity contribution in [1.29, 1.82) is 0 Å². The molecule has 3 nitrogen and oxygen atoms in total. The van der Waals surface area contributed by atoms with Crippen LogP contribution in [-0.4, -0.2) is 10.8 Å². The maximum Gasteiger partial charge on any atom is 0.228 e. The van der Waals surface area contributed by atoms with E-state index in [4.69, 9.17) is 16.0 Å². The summed E-state index contributed by atoms with van der Waals surface area (Å²) in [5.74, 6) is 0.0773. The molecule has 0 fully saturated rings. The Hall–Kier alpha value is -2.13. The molecule has 0 atom stereocenters. The number of carbonyl (C=O) groups excluding carboxylic acids is 1. The van der Waals surface area contributed by atoms with Crippen molar-refractivity contribution in [2.24, 2.45) is 0 Å². The van der Waals surface area contributed by atoms with E-state index < -0.39 is 0 Å². The van der Waals surface area contributed by atoms with E-state index in [1.165, 1.54) is 0 Å². The van der Waals surface area contributed by atoms with Crippen molar-refractivity contribution in [3.8, 4) is 0 Å². The minimum Gasteiger partial charge on any atom is -0.451 e. The normalized spacial score (nSPS) is 10.8. The fraction of sp³-hybridized carbons (Fsp3) is 0.0667. The Morgan fingerprint density at radius 3 is 2.84 bits per heavy atom. The van der Waals surface area contributed by atoms with E-state index in [1.807, 2.05) is 19.1 Å². The smallest absolute Gasteiger partial charge is 0.228 e. The van der Waals surface area contributed by atoms with Crippen LogP contribution in [0.15, 0.2) is 46.9 Å². The summed E-state index contributed by atoms with van der Waals surface area (Å²) in [6, 6.07) is 12.1. The van der Waals surface area contributed by atoms with Crippen LogP contribution in [0, 0.1) is 6.92 Å². The van der Waals surface area contributed by atoms with Crippen LogP contribution in [0.25, 0.3) is 11.1 Å². The summed E-state index contributed by atoms with van der Waals surface area (Å²) in [5.41, 5.74) is 2.68. The molecule has 0 amide bonds. The van der Waals surface area contributed by atoms with Crippen LogP contribution in [0.2, 0.25) is 5.02 Å². The molecule has 4 heteroatoms. The molecule has 2 heterocycles. The highest BCUT2D eigenvalue weighted by molar-refractivity contribution is 6.31. The molecule has 0 radical (unpaired) electrons. The molecular formula is C15H10ClNO2. The van der Waals surface area contributed by atoms with Crippen molar-refractivity contribution in [1.82, 2.24) is 4.98 Å². The van der Waals surface area contributed by atoms with Gasteiger partial charge in [-0.25, -0.2) is 4.98 Å². The molecule has 0 bridgehead atoms. The number of pyridine rings is 1. The second-order valence-corrected chi connectivity index (χ2v) is 4.72. The van der Waals surface area contributed by atoms with Crippen LogP contribution in [0.4, 0.5) is 0 Å². The van der Waals surface area contributed by atoms with E-state index >= 15 is 0 Å². The van der Waals surface area contributed by atoms with Crippen molar-refractivity contribution >= 4 is 28.5 Å². The van der Waals surface area contributed by atoms with Gasteiger partial charge in [0.25, 0.3) is 0 Å². The van der Waals surface area contributed by atoms with Crippen molar-refractivity contribution in [2.75, 3.05) is 0 Å². The molecule has 0 unspecified atom stereocenters. The Labute approximate surface area is 114 Å². The summed E-state index contributed by atoms with van der Waals surface area (Å²) in [6.45, 7) is 1.89. The van der Waals surface area contributed by atoms with E-state index in [9.17, 15) is 4.79 Å². The number of fused-ring (bicyclic) bond motifs is 1. The summed E-state index contributed by atoms with van der Waals surface area (Å²) in [7, 11) is 0. The number of halogens is 1. The standard InChI is InChI=1S/C15H10ClNO2/c1-9-5-6-13-12(17-9)8-14(19-13)15(18)10-3-2-4-11(16)7-10/h2-8H,1H3. The number of aryl methyl sites for hydroxylation is 1. The number of rotatable bonds is 2. The zero-order chi connectivity index (χ0) is 13.4. The lowest BCUT2D eigenvalue weighted by Crippen LogP contribution is -1.98.